The van der Waals surface area contributed by atoms with Crippen molar-refractivity contribution in [2.45, 2.75) is 12.4 Å². The highest BCUT2D eigenvalue weighted by atomic mass is 19.4. The van der Waals surface area contributed by atoms with E-state index in [9.17, 15) is 13.2 Å². The zero-order valence-electron chi connectivity index (χ0n) is 15.2. The molecule has 146 valence electrons. The van der Waals surface area contributed by atoms with E-state index in [1.54, 1.807) is 31.6 Å². The van der Waals surface area contributed by atoms with Crippen LogP contribution in [0.5, 0.6) is 5.75 Å². The van der Waals surface area contributed by atoms with Crippen molar-refractivity contribution in [2.75, 3.05) is 25.2 Å². The molecule has 3 aromatic rings. The van der Waals surface area contributed by atoms with Gasteiger partial charge in [0.25, 0.3) is 0 Å². The summed E-state index contributed by atoms with van der Waals surface area (Å²) in [5, 5.41) is 0. The van der Waals surface area contributed by atoms with Gasteiger partial charge in [0.1, 0.15) is 5.75 Å². The van der Waals surface area contributed by atoms with Gasteiger partial charge >= 0.3 is 6.18 Å². The molecule has 1 aromatic heterocycles. The number of ether oxygens (including phenoxy) is 2. The van der Waals surface area contributed by atoms with E-state index in [4.69, 9.17) is 9.47 Å². The van der Waals surface area contributed by atoms with Crippen LogP contribution in [0, 0.1) is 0 Å². The molecule has 1 atom stereocenters. The normalized spacial score (nSPS) is 17.1. The maximum atomic E-state index is 13.3. The topological polar surface area (TPSA) is 26.6 Å². The van der Waals surface area contributed by atoms with Crippen molar-refractivity contribution in [1.29, 1.82) is 0 Å². The summed E-state index contributed by atoms with van der Waals surface area (Å²) in [6.45, 7) is 1.24. The summed E-state index contributed by atoms with van der Waals surface area (Å²) in [6, 6.07) is 15.0. The van der Waals surface area contributed by atoms with Gasteiger partial charge in [-0.1, -0.05) is 12.1 Å². The average molecular weight is 388 g/mol. The van der Waals surface area contributed by atoms with Crippen LogP contribution in [0.3, 0.4) is 0 Å². The van der Waals surface area contributed by atoms with E-state index in [1.807, 2.05) is 24.3 Å². The van der Waals surface area contributed by atoms with Crippen LogP contribution < -0.4 is 9.64 Å². The van der Waals surface area contributed by atoms with Gasteiger partial charge in [-0.3, -0.25) is 0 Å². The van der Waals surface area contributed by atoms with Gasteiger partial charge in [-0.05, 0) is 42.5 Å². The lowest BCUT2D eigenvalue weighted by Crippen LogP contribution is -2.22. The second-order valence-corrected chi connectivity index (χ2v) is 6.48. The first-order valence-electron chi connectivity index (χ1n) is 8.84. The third kappa shape index (κ3) is 3.45. The number of methoxy groups -OCH3 is 1. The number of hydrogen-bond acceptors (Lipinski definition) is 3. The van der Waals surface area contributed by atoms with Crippen LogP contribution in [-0.4, -0.2) is 24.8 Å². The van der Waals surface area contributed by atoms with Crippen LogP contribution in [0.2, 0.25) is 0 Å². The first kappa shape index (κ1) is 18.4. The van der Waals surface area contributed by atoms with E-state index in [1.165, 1.54) is 16.7 Å². The van der Waals surface area contributed by atoms with Crippen LogP contribution in [0.1, 0.15) is 17.4 Å². The van der Waals surface area contributed by atoms with Gasteiger partial charge in [0, 0.05) is 30.2 Å². The number of para-hydroxylation sites is 1. The van der Waals surface area contributed by atoms with Crippen LogP contribution in [0.25, 0.3) is 5.69 Å². The fourth-order valence-electron chi connectivity index (χ4n) is 3.43. The monoisotopic (exact) mass is 388 g/mol. The number of nitrogens with zero attached hydrogens (tertiary/aromatic N) is 2. The minimum atomic E-state index is -4.42. The van der Waals surface area contributed by atoms with Gasteiger partial charge in [-0.25, -0.2) is 0 Å². The van der Waals surface area contributed by atoms with E-state index in [-0.39, 0.29) is 11.9 Å². The molecule has 0 aliphatic carbocycles. The smallest absolute Gasteiger partial charge is 0.418 e. The van der Waals surface area contributed by atoms with E-state index < -0.39 is 11.7 Å². The predicted molar refractivity (Wildman–Crippen MR) is 99.8 cm³/mol. The van der Waals surface area contributed by atoms with Crippen LogP contribution in [0.15, 0.2) is 67.0 Å². The number of benzene rings is 2. The van der Waals surface area contributed by atoms with Crippen LogP contribution in [0.4, 0.5) is 18.9 Å². The molecule has 0 amide bonds. The molecule has 1 saturated heterocycles. The third-order valence-corrected chi connectivity index (χ3v) is 4.78. The minimum absolute atomic E-state index is 0.0928. The first-order valence-corrected chi connectivity index (χ1v) is 8.84. The molecule has 2 heterocycles. The van der Waals surface area contributed by atoms with Gasteiger partial charge in [0.05, 0.1) is 25.0 Å². The second-order valence-electron chi connectivity index (χ2n) is 6.48. The Balaban J connectivity index is 1.64. The molecule has 1 fully saturated rings. The van der Waals surface area contributed by atoms with E-state index in [0.29, 0.717) is 13.2 Å². The molecule has 7 heteroatoms. The van der Waals surface area contributed by atoms with Crippen molar-refractivity contribution < 1.29 is 22.6 Å². The zero-order chi connectivity index (χ0) is 19.7. The van der Waals surface area contributed by atoms with Gasteiger partial charge in [-0.15, -0.1) is 0 Å². The molecular weight excluding hydrogens is 369 g/mol. The summed E-state index contributed by atoms with van der Waals surface area (Å²) in [5.74, 6) is 0.760. The SMILES string of the molecule is COc1ccc(N2CCO[C@H]2c2ccn(-c3ccccc3C(F)(F)F)c2)cc1. The fourth-order valence-corrected chi connectivity index (χ4v) is 3.43. The molecule has 2 aromatic carbocycles. The predicted octanol–water partition coefficient (Wildman–Crippen LogP) is 5.04. The highest BCUT2D eigenvalue weighted by Crippen LogP contribution is 2.36. The Bertz CT molecular complexity index is 951. The molecule has 0 unspecified atom stereocenters. The standard InChI is InChI=1S/C21H19F3N2O2/c1-27-17-8-6-16(7-9-17)26-12-13-28-20(26)15-10-11-25(14-15)19-5-3-2-4-18(19)21(22,23)24/h2-11,14,20H,12-13H2,1H3/t20-/m0/s1. The molecule has 0 radical (unpaired) electrons. The lowest BCUT2D eigenvalue weighted by atomic mass is 10.1. The fraction of sp³-hybridized carbons (Fsp3) is 0.238. The largest absolute Gasteiger partial charge is 0.497 e. The Labute approximate surface area is 160 Å². The Morgan fingerprint density at radius 3 is 2.50 bits per heavy atom. The highest BCUT2D eigenvalue weighted by Gasteiger charge is 2.34. The summed E-state index contributed by atoms with van der Waals surface area (Å²) in [5.41, 5.74) is 1.18. The van der Waals surface area contributed by atoms with Gasteiger partial charge in [-0.2, -0.15) is 13.2 Å². The van der Waals surface area contributed by atoms with Gasteiger partial charge < -0.3 is 18.9 Å². The van der Waals surface area contributed by atoms with Crippen LogP contribution in [-0.2, 0) is 10.9 Å². The van der Waals surface area contributed by atoms with E-state index >= 15 is 0 Å². The van der Waals surface area contributed by atoms with Crippen molar-refractivity contribution in [3.63, 3.8) is 0 Å². The Hall–Kier alpha value is -2.93. The molecule has 0 bridgehead atoms. The number of rotatable bonds is 4. The summed E-state index contributed by atoms with van der Waals surface area (Å²) in [4.78, 5) is 2.08. The van der Waals surface area contributed by atoms with Gasteiger partial charge in [0.15, 0.2) is 6.23 Å². The Morgan fingerprint density at radius 2 is 1.79 bits per heavy atom. The molecule has 0 spiro atoms. The summed E-state index contributed by atoms with van der Waals surface area (Å²) in [7, 11) is 1.61. The van der Waals surface area contributed by atoms with Crippen LogP contribution >= 0.6 is 0 Å². The number of hydrogen-bond donors (Lipinski definition) is 0. The van der Waals surface area contributed by atoms with Crippen molar-refractivity contribution >= 4 is 5.69 Å². The van der Waals surface area contributed by atoms with Crippen molar-refractivity contribution in [2.24, 2.45) is 0 Å². The lowest BCUT2D eigenvalue weighted by molar-refractivity contribution is -0.137. The average Bonchev–Trinajstić information content (AvgIpc) is 3.37. The number of aromatic nitrogens is 1. The van der Waals surface area contributed by atoms with Gasteiger partial charge in [0.2, 0.25) is 0 Å². The van der Waals surface area contributed by atoms with Crippen molar-refractivity contribution in [3.8, 4) is 11.4 Å². The number of alkyl halides is 3. The Kier molecular flexibility index (Phi) is 4.77. The molecule has 1 aliphatic heterocycles. The second kappa shape index (κ2) is 7.24. The summed E-state index contributed by atoms with van der Waals surface area (Å²) >= 11 is 0. The molecule has 28 heavy (non-hydrogen) atoms. The van der Waals surface area contributed by atoms with Crippen molar-refractivity contribution in [1.82, 2.24) is 4.57 Å². The highest BCUT2D eigenvalue weighted by molar-refractivity contribution is 5.52. The maximum absolute atomic E-state index is 13.3. The molecular formula is C21H19F3N2O2. The van der Waals surface area contributed by atoms with E-state index in [0.717, 1.165) is 23.1 Å². The molecule has 1 aliphatic rings. The molecule has 0 saturated carbocycles. The Morgan fingerprint density at radius 1 is 1.04 bits per heavy atom. The van der Waals surface area contributed by atoms with Crippen molar-refractivity contribution in [3.05, 3.63) is 78.1 Å². The number of halogens is 3. The first-order chi connectivity index (χ1) is 13.5. The number of anilines is 1. The molecule has 4 rings (SSSR count). The summed E-state index contributed by atoms with van der Waals surface area (Å²) < 4.78 is 52.5. The third-order valence-electron chi connectivity index (χ3n) is 4.78. The lowest BCUT2D eigenvalue weighted by Gasteiger charge is -2.24. The molecule has 4 nitrogen and oxygen atoms in total. The zero-order valence-corrected chi connectivity index (χ0v) is 15.2. The maximum Gasteiger partial charge on any atom is 0.418 e. The molecule has 0 N–H and O–H groups in total. The minimum Gasteiger partial charge on any atom is -0.497 e. The summed E-state index contributed by atoms with van der Waals surface area (Å²) in [6.07, 6.45) is -1.45. The van der Waals surface area contributed by atoms with E-state index in [2.05, 4.69) is 4.90 Å². The quantitative estimate of drug-likeness (QED) is 0.627.